The Labute approximate surface area is 246 Å². The molecule has 3 heteroatoms. The maximum Gasteiger partial charge on any atom is 0.115 e. The normalized spacial score (nSPS) is 11.5. The van der Waals surface area contributed by atoms with Crippen molar-refractivity contribution < 1.29 is 24.0 Å². The molecule has 0 fully saturated rings. The third-order valence-corrected chi connectivity index (χ3v) is 11.7. The Morgan fingerprint density at radius 2 is 0.833 bits per heavy atom. The molecule has 0 N–H and O–H groups in total. The Kier molecular flexibility index (Phi) is 16.6. The first-order valence-corrected chi connectivity index (χ1v) is 16.7. The van der Waals surface area contributed by atoms with Crippen molar-refractivity contribution >= 4 is 39.1 Å². The smallest absolute Gasteiger partial charge is 0.115 e. The minimum atomic E-state index is -1.73. The summed E-state index contributed by atoms with van der Waals surface area (Å²) in [6.45, 7) is 0. The zero-order valence-corrected chi connectivity index (χ0v) is 26.3. The Bertz CT molecular complexity index is 847. The van der Waals surface area contributed by atoms with Gasteiger partial charge in [-0.2, -0.15) is 0 Å². The van der Waals surface area contributed by atoms with Gasteiger partial charge in [-0.1, -0.05) is 134 Å². The van der Waals surface area contributed by atoms with Crippen molar-refractivity contribution in [1.82, 2.24) is 0 Å². The molecule has 0 saturated carbocycles. The van der Waals surface area contributed by atoms with E-state index in [0.717, 1.165) is 11.5 Å². The van der Waals surface area contributed by atoms with Crippen LogP contribution in [0.1, 0.15) is 70.6 Å². The average Bonchev–Trinajstić information content (AvgIpc) is 2.93. The molecule has 0 aromatic heterocycles. The highest BCUT2D eigenvalue weighted by Crippen LogP contribution is 2.55. The van der Waals surface area contributed by atoms with Gasteiger partial charge >= 0.3 is 0 Å². The summed E-state index contributed by atoms with van der Waals surface area (Å²) in [5, 5.41) is 5.56. The third kappa shape index (κ3) is 10.1. The van der Waals surface area contributed by atoms with Crippen molar-refractivity contribution in [2.45, 2.75) is 70.6 Å². The van der Waals surface area contributed by atoms with Gasteiger partial charge in [0, 0.05) is 5.33 Å². The minimum absolute atomic E-state index is 0. The molecule has 194 valence electrons. The predicted octanol–water partition coefficient (Wildman–Crippen LogP) is 6.23. The number of hydrogen-bond acceptors (Lipinski definition) is 0. The first-order chi connectivity index (χ1) is 17.4. The van der Waals surface area contributed by atoms with Crippen LogP contribution in [0.5, 0.6) is 0 Å². The molecule has 0 heterocycles. The van der Waals surface area contributed by atoms with Gasteiger partial charge in [-0.05, 0) is 55.7 Å². The lowest BCUT2D eigenvalue weighted by atomic mass is 10.1. The maximum atomic E-state index is 3.52. The number of hydrogen-bond donors (Lipinski definition) is 0. The Morgan fingerprint density at radius 1 is 0.472 bits per heavy atom. The molecule has 3 aromatic rings. The summed E-state index contributed by atoms with van der Waals surface area (Å²) in [6, 6.07) is 33.6. The lowest BCUT2D eigenvalue weighted by Crippen LogP contribution is -3.00. The summed E-state index contributed by atoms with van der Waals surface area (Å²) in [7, 11) is -1.73. The highest BCUT2D eigenvalue weighted by molar-refractivity contribution is 9.09. The van der Waals surface area contributed by atoms with Crippen molar-refractivity contribution in [1.29, 1.82) is 0 Å². The molecular weight excluding hydrogens is 634 g/mol. The number of allylic oxidation sites excluding steroid dienone is 2. The largest absolute Gasteiger partial charge is 1.00 e. The van der Waals surface area contributed by atoms with Gasteiger partial charge in [0.15, 0.2) is 0 Å². The minimum Gasteiger partial charge on any atom is -1.00 e. The van der Waals surface area contributed by atoms with Gasteiger partial charge in [0.25, 0.3) is 0 Å². The Morgan fingerprint density at radius 3 is 1.22 bits per heavy atom. The van der Waals surface area contributed by atoms with E-state index in [0.29, 0.717) is 0 Å². The number of alkyl halides is 1. The second-order valence-electron chi connectivity index (χ2n) is 9.48. The van der Waals surface area contributed by atoms with Crippen molar-refractivity contribution in [2.24, 2.45) is 0 Å². The monoisotopic (exact) mass is 676 g/mol. The standard InChI is InChI=1S/C33H43BrP.HI/c34-29-21-10-8-6-4-2-1-3-5-7-9-11-22-30-35(31-23-15-12-16-24-31,32-25-17-13-18-26-32)33-27-19-14-20-28-33;/h11-20,22-28H,1-10,21,29-30H2;1H/q+1;/p-1. The van der Waals surface area contributed by atoms with Crippen LogP contribution in [-0.4, -0.2) is 11.5 Å². The quantitative estimate of drug-likeness (QED) is 0.0523. The first kappa shape index (κ1) is 31.3. The van der Waals surface area contributed by atoms with E-state index in [1.54, 1.807) is 0 Å². The van der Waals surface area contributed by atoms with Crippen LogP contribution in [0.4, 0.5) is 0 Å². The molecule has 0 atom stereocenters. The second-order valence-corrected chi connectivity index (χ2v) is 13.8. The SMILES string of the molecule is BrCCCCCCCCCCCCC=CC[P+](c1ccccc1)(c1ccccc1)c1ccccc1.[I-]. The van der Waals surface area contributed by atoms with Gasteiger partial charge in [-0.3, -0.25) is 0 Å². The Hall–Kier alpha value is -0.960. The molecule has 0 aliphatic heterocycles. The zero-order valence-electron chi connectivity index (χ0n) is 21.7. The molecule has 3 rings (SSSR count). The van der Waals surface area contributed by atoms with Crippen LogP contribution in [0.25, 0.3) is 0 Å². The van der Waals surface area contributed by atoms with E-state index >= 15 is 0 Å². The molecule has 0 aliphatic rings. The summed E-state index contributed by atoms with van der Waals surface area (Å²) in [6.07, 6.45) is 21.1. The van der Waals surface area contributed by atoms with Gasteiger partial charge in [-0.15, -0.1) is 0 Å². The van der Waals surface area contributed by atoms with Crippen LogP contribution < -0.4 is 39.9 Å². The van der Waals surface area contributed by atoms with Crippen molar-refractivity contribution in [2.75, 3.05) is 11.5 Å². The topological polar surface area (TPSA) is 0 Å². The molecule has 0 unspecified atom stereocenters. The summed E-state index contributed by atoms with van der Waals surface area (Å²) in [5.74, 6) is 0. The number of unbranched alkanes of at least 4 members (excludes halogenated alkanes) is 10. The fourth-order valence-corrected chi connectivity index (χ4v) is 9.36. The van der Waals surface area contributed by atoms with Crippen LogP contribution in [0.15, 0.2) is 103 Å². The van der Waals surface area contributed by atoms with E-state index in [1.165, 1.54) is 86.5 Å². The molecule has 0 radical (unpaired) electrons. The van der Waals surface area contributed by atoms with Crippen molar-refractivity contribution in [3.63, 3.8) is 0 Å². The maximum absolute atomic E-state index is 3.52. The third-order valence-electron chi connectivity index (χ3n) is 6.89. The molecule has 0 amide bonds. The molecular formula is C33H43BrIP. The summed E-state index contributed by atoms with van der Waals surface area (Å²) in [4.78, 5) is 0. The van der Waals surface area contributed by atoms with E-state index in [9.17, 15) is 0 Å². The van der Waals surface area contributed by atoms with E-state index in [1.807, 2.05) is 0 Å². The average molecular weight is 677 g/mol. The number of halogens is 2. The van der Waals surface area contributed by atoms with Gasteiger partial charge < -0.3 is 24.0 Å². The molecule has 36 heavy (non-hydrogen) atoms. The summed E-state index contributed by atoms with van der Waals surface area (Å²) < 4.78 is 0. The zero-order chi connectivity index (χ0) is 24.4. The van der Waals surface area contributed by atoms with Crippen LogP contribution in [0.3, 0.4) is 0 Å². The van der Waals surface area contributed by atoms with Gasteiger partial charge in [0.2, 0.25) is 0 Å². The molecule has 0 bridgehead atoms. The highest BCUT2D eigenvalue weighted by Gasteiger charge is 2.43. The fraction of sp³-hybridized carbons (Fsp3) is 0.394. The first-order valence-electron chi connectivity index (χ1n) is 13.6. The van der Waals surface area contributed by atoms with E-state index in [4.69, 9.17) is 0 Å². The predicted molar refractivity (Wildman–Crippen MR) is 164 cm³/mol. The van der Waals surface area contributed by atoms with Gasteiger partial charge in [0.05, 0.1) is 6.16 Å². The fourth-order valence-electron chi connectivity index (χ4n) is 4.93. The molecule has 0 saturated heterocycles. The highest BCUT2D eigenvalue weighted by atomic mass is 127. The number of rotatable bonds is 17. The summed E-state index contributed by atoms with van der Waals surface area (Å²) in [5.41, 5.74) is 0. The van der Waals surface area contributed by atoms with Crippen LogP contribution in [0.2, 0.25) is 0 Å². The van der Waals surface area contributed by atoms with Crippen molar-refractivity contribution in [3.05, 3.63) is 103 Å². The second kappa shape index (κ2) is 19.2. The van der Waals surface area contributed by atoms with Crippen LogP contribution in [-0.2, 0) is 0 Å². The van der Waals surface area contributed by atoms with E-state index < -0.39 is 7.26 Å². The van der Waals surface area contributed by atoms with Crippen LogP contribution in [0, 0.1) is 0 Å². The van der Waals surface area contributed by atoms with E-state index in [-0.39, 0.29) is 24.0 Å². The van der Waals surface area contributed by atoms with Gasteiger partial charge in [-0.25, -0.2) is 0 Å². The molecule has 0 aliphatic carbocycles. The van der Waals surface area contributed by atoms with Crippen molar-refractivity contribution in [3.8, 4) is 0 Å². The lowest BCUT2D eigenvalue weighted by molar-refractivity contribution is -0.00000694. The lowest BCUT2D eigenvalue weighted by Gasteiger charge is -2.26. The van der Waals surface area contributed by atoms with E-state index in [2.05, 4.69) is 119 Å². The van der Waals surface area contributed by atoms with Crippen LogP contribution >= 0.6 is 23.2 Å². The van der Waals surface area contributed by atoms with Gasteiger partial charge in [0.1, 0.15) is 23.2 Å². The Balaban J connectivity index is 0.00000456. The summed E-state index contributed by atoms with van der Waals surface area (Å²) >= 11 is 3.52. The molecule has 0 spiro atoms. The number of benzene rings is 3. The molecule has 0 nitrogen and oxygen atoms in total. The molecule has 3 aromatic carbocycles.